The molecule has 0 fully saturated rings. The van der Waals surface area contributed by atoms with Crippen LogP contribution in [-0.2, 0) is 14.4 Å². The lowest BCUT2D eigenvalue weighted by Gasteiger charge is -2.12. The highest BCUT2D eigenvalue weighted by Gasteiger charge is 2.20. The van der Waals surface area contributed by atoms with Crippen molar-refractivity contribution in [3.05, 3.63) is 78.0 Å². The number of ether oxygens (including phenoxy) is 3. The van der Waals surface area contributed by atoms with Gasteiger partial charge >= 0.3 is 5.97 Å². The molecule has 0 aliphatic rings. The number of carbonyl (C=O) groups is 1. The Hall–Kier alpha value is -4.38. The molecule has 0 amide bonds. The van der Waals surface area contributed by atoms with Crippen molar-refractivity contribution >= 4 is 11.7 Å². The number of carbonyl (C=O) groups excluding carboxylic acids is 1. The molecule has 0 N–H and O–H groups in total. The summed E-state index contributed by atoms with van der Waals surface area (Å²) in [4.78, 5) is 21.0. The van der Waals surface area contributed by atoms with Crippen molar-refractivity contribution in [3.63, 3.8) is 0 Å². The number of esters is 1. The third-order valence-electron chi connectivity index (χ3n) is 3.86. The topological polar surface area (TPSA) is 103 Å². The minimum absolute atomic E-state index is 0.0379. The van der Waals surface area contributed by atoms with Gasteiger partial charge in [0.05, 0.1) is 18.2 Å². The van der Waals surface area contributed by atoms with Crippen LogP contribution in [0, 0.1) is 11.3 Å². The number of aromatic nitrogens is 1. The highest BCUT2D eigenvalue weighted by Crippen LogP contribution is 2.30. The van der Waals surface area contributed by atoms with Crippen LogP contribution in [0.1, 0.15) is 11.1 Å². The summed E-state index contributed by atoms with van der Waals surface area (Å²) in [5.41, 5.74) is 0.735. The molecule has 2 aromatic carbocycles. The van der Waals surface area contributed by atoms with Crippen LogP contribution in [0.3, 0.4) is 0 Å². The molecule has 0 aliphatic carbocycles. The number of rotatable bonds is 7. The van der Waals surface area contributed by atoms with E-state index in [9.17, 15) is 10.1 Å². The lowest BCUT2D eigenvalue weighted by molar-refractivity contribution is -0.132. The number of para-hydroxylation sites is 2. The Morgan fingerprint density at radius 1 is 1.00 bits per heavy atom. The van der Waals surface area contributed by atoms with E-state index in [1.807, 2.05) is 0 Å². The Kier molecular flexibility index (Phi) is 6.59. The Bertz CT molecular complexity index is 1120. The summed E-state index contributed by atoms with van der Waals surface area (Å²) in [6.45, 7) is 0. The summed E-state index contributed by atoms with van der Waals surface area (Å²) in [7, 11) is 2.58. The van der Waals surface area contributed by atoms with Gasteiger partial charge in [0.2, 0.25) is 5.88 Å². The lowest BCUT2D eigenvalue weighted by Crippen LogP contribution is -2.18. The first-order valence-electron chi connectivity index (χ1n) is 8.76. The molecule has 3 rings (SSSR count). The van der Waals surface area contributed by atoms with Gasteiger partial charge in [0.1, 0.15) is 30.4 Å². The average molecular weight is 403 g/mol. The molecule has 0 atom stereocenters. The third-order valence-corrected chi connectivity index (χ3v) is 3.86. The molecule has 3 aromatic rings. The Morgan fingerprint density at radius 2 is 1.73 bits per heavy atom. The smallest absolute Gasteiger partial charge is 0.360 e. The molecule has 150 valence electrons. The monoisotopic (exact) mass is 403 g/mol. The van der Waals surface area contributed by atoms with E-state index in [4.69, 9.17) is 19.0 Å². The highest BCUT2D eigenvalue weighted by atomic mass is 16.6. The van der Waals surface area contributed by atoms with Crippen molar-refractivity contribution in [1.29, 1.82) is 5.26 Å². The fraction of sp³-hybridized carbons (Fsp3) is 0.0909. The number of hydrogen-bond acceptors (Lipinski definition) is 8. The minimum Gasteiger partial charge on any atom is -0.464 e. The van der Waals surface area contributed by atoms with Crippen molar-refractivity contribution < 1.29 is 23.8 Å². The molecule has 30 heavy (non-hydrogen) atoms. The fourth-order valence-electron chi connectivity index (χ4n) is 2.53. The molecule has 8 nitrogen and oxygen atoms in total. The highest BCUT2D eigenvalue weighted by molar-refractivity contribution is 6.43. The Balaban J connectivity index is 1.90. The first-order valence-corrected chi connectivity index (χ1v) is 8.76. The number of nitriles is 1. The zero-order chi connectivity index (χ0) is 21.3. The maximum atomic E-state index is 12.1. The summed E-state index contributed by atoms with van der Waals surface area (Å²) in [5, 5.41) is 13.0. The van der Waals surface area contributed by atoms with E-state index in [0.717, 1.165) is 0 Å². The van der Waals surface area contributed by atoms with Crippen LogP contribution in [0.4, 0.5) is 0 Å². The van der Waals surface area contributed by atoms with Crippen LogP contribution in [-0.4, -0.2) is 30.9 Å². The van der Waals surface area contributed by atoms with Gasteiger partial charge in [-0.25, -0.2) is 9.78 Å². The molecule has 0 aliphatic heterocycles. The maximum Gasteiger partial charge on any atom is 0.360 e. The normalized spacial score (nSPS) is 10.6. The number of nitrogens with zero attached hydrogens (tertiary/aromatic N) is 3. The van der Waals surface area contributed by atoms with Gasteiger partial charge in [-0.1, -0.05) is 29.4 Å². The molecule has 1 aromatic heterocycles. The van der Waals surface area contributed by atoms with Crippen LogP contribution in [0.2, 0.25) is 0 Å². The summed E-state index contributed by atoms with van der Waals surface area (Å²) in [6.07, 6.45) is 1.51. The predicted octanol–water partition coefficient (Wildman–Crippen LogP) is 4.06. The molecule has 0 radical (unpaired) electrons. The average Bonchev–Trinajstić information content (AvgIpc) is 2.78. The fourth-order valence-corrected chi connectivity index (χ4v) is 2.53. The van der Waals surface area contributed by atoms with Crippen molar-refractivity contribution in [2.75, 3.05) is 14.2 Å². The molecule has 8 heteroatoms. The van der Waals surface area contributed by atoms with E-state index < -0.39 is 5.97 Å². The molecule has 0 spiro atoms. The van der Waals surface area contributed by atoms with Crippen molar-refractivity contribution in [3.8, 4) is 29.2 Å². The van der Waals surface area contributed by atoms with Gasteiger partial charge in [-0.15, -0.1) is 0 Å². The molecule has 0 unspecified atom stereocenters. The lowest BCUT2D eigenvalue weighted by atomic mass is 10.1. The van der Waals surface area contributed by atoms with Gasteiger partial charge < -0.3 is 19.0 Å². The minimum atomic E-state index is -0.667. The van der Waals surface area contributed by atoms with Crippen molar-refractivity contribution in [2.45, 2.75) is 0 Å². The van der Waals surface area contributed by atoms with E-state index in [-0.39, 0.29) is 11.6 Å². The molecular weight excluding hydrogens is 386 g/mol. The van der Waals surface area contributed by atoms with Gasteiger partial charge in [-0.05, 0) is 30.3 Å². The second-order valence-electron chi connectivity index (χ2n) is 5.75. The van der Waals surface area contributed by atoms with E-state index in [2.05, 4.69) is 16.2 Å². The summed E-state index contributed by atoms with van der Waals surface area (Å²) in [5.74, 6) is 0.716. The van der Waals surface area contributed by atoms with Crippen molar-refractivity contribution in [2.24, 2.45) is 5.16 Å². The quantitative estimate of drug-likeness (QED) is 0.333. The third kappa shape index (κ3) is 4.72. The standard InChI is InChI=1S/C22H17N3O5/c1-27-22(26)21(25-28-2)17-8-4-6-10-19(17)29-16-11-12-24-20(13-16)30-18-9-5-3-7-15(18)14-23/h3-13H,1-2H3/b25-21+. The van der Waals surface area contributed by atoms with Crippen LogP contribution in [0.15, 0.2) is 72.0 Å². The van der Waals surface area contributed by atoms with E-state index >= 15 is 0 Å². The number of hydrogen-bond donors (Lipinski definition) is 0. The SMILES string of the molecule is CO/N=C(/C(=O)OC)c1ccccc1Oc1ccnc(Oc2ccccc2C#N)c1. The molecule has 0 saturated heterocycles. The maximum absolute atomic E-state index is 12.1. The van der Waals surface area contributed by atoms with Gasteiger partial charge in [-0.3, -0.25) is 0 Å². The van der Waals surface area contributed by atoms with Gasteiger partial charge in [0.25, 0.3) is 0 Å². The van der Waals surface area contributed by atoms with Crippen LogP contribution in [0.5, 0.6) is 23.1 Å². The molecule has 0 bridgehead atoms. The van der Waals surface area contributed by atoms with E-state index in [1.165, 1.54) is 20.4 Å². The first kappa shape index (κ1) is 20.4. The molecule has 1 heterocycles. The largest absolute Gasteiger partial charge is 0.464 e. The zero-order valence-corrected chi connectivity index (χ0v) is 16.2. The Labute approximate surface area is 172 Å². The predicted molar refractivity (Wildman–Crippen MR) is 108 cm³/mol. The van der Waals surface area contributed by atoms with E-state index in [0.29, 0.717) is 28.4 Å². The zero-order valence-electron chi connectivity index (χ0n) is 16.2. The van der Waals surface area contributed by atoms with Crippen LogP contribution >= 0.6 is 0 Å². The number of benzene rings is 2. The van der Waals surface area contributed by atoms with Gasteiger partial charge in [0.15, 0.2) is 5.71 Å². The number of methoxy groups -OCH3 is 1. The summed E-state index contributed by atoms with van der Waals surface area (Å²) < 4.78 is 16.4. The second kappa shape index (κ2) is 9.71. The summed E-state index contributed by atoms with van der Waals surface area (Å²) in [6, 6.07) is 18.9. The summed E-state index contributed by atoms with van der Waals surface area (Å²) >= 11 is 0. The first-order chi connectivity index (χ1) is 14.7. The molecular formula is C22H17N3O5. The second-order valence-corrected chi connectivity index (χ2v) is 5.75. The van der Waals surface area contributed by atoms with Crippen molar-refractivity contribution in [1.82, 2.24) is 4.98 Å². The van der Waals surface area contributed by atoms with Crippen LogP contribution < -0.4 is 9.47 Å². The number of pyridine rings is 1. The Morgan fingerprint density at radius 3 is 2.47 bits per heavy atom. The molecule has 0 saturated carbocycles. The van der Waals surface area contributed by atoms with Crippen LogP contribution in [0.25, 0.3) is 0 Å². The van der Waals surface area contributed by atoms with Gasteiger partial charge in [0, 0.05) is 12.3 Å². The van der Waals surface area contributed by atoms with Gasteiger partial charge in [-0.2, -0.15) is 5.26 Å². The number of oxime groups is 1. The van der Waals surface area contributed by atoms with E-state index in [1.54, 1.807) is 60.7 Å².